The Kier molecular flexibility index (Phi) is 1.75. The van der Waals surface area contributed by atoms with Crippen molar-refractivity contribution in [1.82, 2.24) is 0 Å². The van der Waals surface area contributed by atoms with Gasteiger partial charge < -0.3 is 15.2 Å². The fourth-order valence-corrected chi connectivity index (χ4v) is 0.575. The molecule has 1 rings (SSSR count). The Balaban J connectivity index is 2.60. The molecule has 1 unspecified atom stereocenters. The second-order valence-electron chi connectivity index (χ2n) is 1.95. The molecule has 6 heteroatoms. The third-order valence-corrected chi connectivity index (χ3v) is 1.13. The minimum atomic E-state index is -1.10. The van der Waals surface area contributed by atoms with Gasteiger partial charge in [0.05, 0.1) is 0 Å². The van der Waals surface area contributed by atoms with E-state index in [1.807, 2.05) is 0 Å². The molecule has 0 radical (unpaired) electrons. The van der Waals surface area contributed by atoms with Gasteiger partial charge in [0.15, 0.2) is 6.10 Å². The van der Waals surface area contributed by atoms with Gasteiger partial charge in [0.2, 0.25) is 0 Å². The van der Waals surface area contributed by atoms with Crippen molar-refractivity contribution in [1.29, 1.82) is 5.41 Å². The largest absolute Gasteiger partial charge is 0.453 e. The van der Waals surface area contributed by atoms with Crippen molar-refractivity contribution in [2.45, 2.75) is 6.10 Å². The first kappa shape index (κ1) is 7.52. The first-order chi connectivity index (χ1) is 5.11. The highest BCUT2D eigenvalue weighted by Gasteiger charge is 2.31. The molecule has 1 aliphatic heterocycles. The second-order valence-corrected chi connectivity index (χ2v) is 1.95. The van der Waals surface area contributed by atoms with E-state index in [-0.39, 0.29) is 12.4 Å². The van der Waals surface area contributed by atoms with Crippen molar-refractivity contribution in [2.24, 2.45) is 5.73 Å². The van der Waals surface area contributed by atoms with Crippen molar-refractivity contribution in [3.05, 3.63) is 0 Å². The van der Waals surface area contributed by atoms with Crippen LogP contribution in [0.25, 0.3) is 0 Å². The van der Waals surface area contributed by atoms with Crippen LogP contribution in [0.5, 0.6) is 0 Å². The maximum absolute atomic E-state index is 10.5. The van der Waals surface area contributed by atoms with Gasteiger partial charge >= 0.3 is 11.9 Å². The number of carbonyl (C=O) groups excluding carboxylic acids is 2. The smallest absolute Gasteiger partial charge is 0.418 e. The van der Waals surface area contributed by atoms with E-state index in [0.717, 1.165) is 0 Å². The third-order valence-electron chi connectivity index (χ3n) is 1.13. The molecule has 1 aliphatic rings. The number of amidine groups is 1. The van der Waals surface area contributed by atoms with Crippen molar-refractivity contribution in [2.75, 3.05) is 6.61 Å². The fraction of sp³-hybridized carbons (Fsp3) is 0.400. The van der Waals surface area contributed by atoms with E-state index in [4.69, 9.17) is 11.1 Å². The molecule has 0 aliphatic carbocycles. The van der Waals surface area contributed by atoms with Crippen LogP contribution in [0.3, 0.4) is 0 Å². The van der Waals surface area contributed by atoms with Gasteiger partial charge in [0.25, 0.3) is 0 Å². The monoisotopic (exact) mass is 158 g/mol. The van der Waals surface area contributed by atoms with Crippen LogP contribution in [-0.2, 0) is 19.1 Å². The lowest BCUT2D eigenvalue weighted by atomic mass is 10.3. The molecule has 0 aromatic carbocycles. The van der Waals surface area contributed by atoms with Gasteiger partial charge in [0, 0.05) is 0 Å². The maximum Gasteiger partial charge on any atom is 0.418 e. The van der Waals surface area contributed by atoms with Crippen LogP contribution in [-0.4, -0.2) is 30.5 Å². The highest BCUT2D eigenvalue weighted by molar-refractivity contribution is 6.30. The number of esters is 2. The third kappa shape index (κ3) is 1.46. The Hall–Kier alpha value is -1.59. The Morgan fingerprint density at radius 2 is 2.18 bits per heavy atom. The van der Waals surface area contributed by atoms with Gasteiger partial charge in [-0.3, -0.25) is 5.41 Å². The lowest BCUT2D eigenvalue weighted by Gasteiger charge is -2.19. The van der Waals surface area contributed by atoms with E-state index in [1.165, 1.54) is 0 Å². The predicted octanol–water partition coefficient (Wildman–Crippen LogP) is -1.61. The number of hydrogen-bond acceptors (Lipinski definition) is 5. The molecule has 6 nitrogen and oxygen atoms in total. The molecule has 0 bridgehead atoms. The molecule has 11 heavy (non-hydrogen) atoms. The molecule has 0 aromatic heterocycles. The van der Waals surface area contributed by atoms with Crippen LogP contribution >= 0.6 is 0 Å². The molecular formula is C5H6N2O4. The van der Waals surface area contributed by atoms with Crippen molar-refractivity contribution in [3.63, 3.8) is 0 Å². The Labute approximate surface area is 61.8 Å². The molecule has 0 saturated carbocycles. The molecule has 60 valence electrons. The van der Waals surface area contributed by atoms with Gasteiger partial charge in [-0.1, -0.05) is 0 Å². The first-order valence-corrected chi connectivity index (χ1v) is 2.83. The number of carbonyl (C=O) groups is 2. The average molecular weight is 158 g/mol. The molecule has 1 atom stereocenters. The van der Waals surface area contributed by atoms with Crippen molar-refractivity contribution >= 4 is 17.8 Å². The Morgan fingerprint density at radius 3 is 2.64 bits per heavy atom. The van der Waals surface area contributed by atoms with Gasteiger partial charge in [0.1, 0.15) is 12.4 Å². The van der Waals surface area contributed by atoms with E-state index < -0.39 is 18.0 Å². The molecule has 0 aromatic rings. The number of cyclic esters (lactones) is 2. The summed E-state index contributed by atoms with van der Waals surface area (Å²) < 4.78 is 8.73. The van der Waals surface area contributed by atoms with E-state index in [0.29, 0.717) is 0 Å². The van der Waals surface area contributed by atoms with Crippen molar-refractivity contribution < 1.29 is 19.1 Å². The highest BCUT2D eigenvalue weighted by Crippen LogP contribution is 2.02. The minimum absolute atomic E-state index is 0.167. The summed E-state index contributed by atoms with van der Waals surface area (Å²) in [5.74, 6) is -2.47. The molecule has 0 spiro atoms. The summed E-state index contributed by atoms with van der Waals surface area (Å²) >= 11 is 0. The number of nitrogens with one attached hydrogen (secondary N) is 1. The molecule has 0 amide bonds. The van der Waals surface area contributed by atoms with E-state index in [1.54, 1.807) is 0 Å². The molecule has 1 fully saturated rings. The summed E-state index contributed by atoms with van der Waals surface area (Å²) in [7, 11) is 0. The summed E-state index contributed by atoms with van der Waals surface area (Å²) in [4.78, 5) is 20.8. The van der Waals surface area contributed by atoms with Crippen LogP contribution < -0.4 is 5.73 Å². The van der Waals surface area contributed by atoms with Gasteiger partial charge in [-0.15, -0.1) is 0 Å². The second kappa shape index (κ2) is 2.57. The summed E-state index contributed by atoms with van der Waals surface area (Å²) in [5.41, 5.74) is 4.99. The summed E-state index contributed by atoms with van der Waals surface area (Å²) in [5, 5.41) is 6.85. The summed E-state index contributed by atoms with van der Waals surface area (Å²) in [6, 6.07) is 0. The minimum Gasteiger partial charge on any atom is -0.453 e. The number of ether oxygens (including phenoxy) is 2. The zero-order valence-electron chi connectivity index (χ0n) is 5.49. The summed E-state index contributed by atoms with van der Waals surface area (Å²) in [6.07, 6.45) is -0.916. The average Bonchev–Trinajstić information content (AvgIpc) is 1.94. The van der Waals surface area contributed by atoms with Crippen LogP contribution in [0, 0.1) is 5.41 Å². The van der Waals surface area contributed by atoms with Crippen molar-refractivity contribution in [3.8, 4) is 0 Å². The fourth-order valence-electron chi connectivity index (χ4n) is 0.575. The van der Waals surface area contributed by atoms with Crippen LogP contribution in [0.15, 0.2) is 0 Å². The molecular weight excluding hydrogens is 152 g/mol. The van der Waals surface area contributed by atoms with Crippen LogP contribution in [0.4, 0.5) is 0 Å². The Bertz CT molecular complexity index is 225. The zero-order valence-corrected chi connectivity index (χ0v) is 5.49. The number of nitrogens with two attached hydrogens (primary N) is 1. The van der Waals surface area contributed by atoms with Crippen LogP contribution in [0.1, 0.15) is 0 Å². The van der Waals surface area contributed by atoms with Crippen LogP contribution in [0.2, 0.25) is 0 Å². The Morgan fingerprint density at radius 1 is 1.55 bits per heavy atom. The SMILES string of the molecule is N=C(N)C1COC(=O)C(=O)O1. The number of rotatable bonds is 1. The maximum atomic E-state index is 10.5. The van der Waals surface area contributed by atoms with E-state index in [9.17, 15) is 9.59 Å². The molecule has 1 heterocycles. The molecule has 1 saturated heterocycles. The lowest BCUT2D eigenvalue weighted by molar-refractivity contribution is -0.180. The topological polar surface area (TPSA) is 102 Å². The van der Waals surface area contributed by atoms with E-state index in [2.05, 4.69) is 9.47 Å². The highest BCUT2D eigenvalue weighted by atomic mass is 16.6. The standard InChI is InChI=1S/C5H6N2O4/c6-3(7)2-1-10-4(8)5(9)11-2/h2H,1H2,(H3,6,7). The normalized spacial score (nSPS) is 23.8. The first-order valence-electron chi connectivity index (χ1n) is 2.83. The quantitative estimate of drug-likeness (QED) is 0.207. The predicted molar refractivity (Wildman–Crippen MR) is 32.8 cm³/mol. The summed E-state index contributed by atoms with van der Waals surface area (Å²) in [6.45, 7) is -0.167. The lowest BCUT2D eigenvalue weighted by Crippen LogP contribution is -2.44. The molecule has 3 N–H and O–H groups in total. The number of hydrogen-bond donors (Lipinski definition) is 2. The zero-order chi connectivity index (χ0) is 8.43. The van der Waals surface area contributed by atoms with Gasteiger partial charge in [-0.25, -0.2) is 9.59 Å². The van der Waals surface area contributed by atoms with Gasteiger partial charge in [-0.05, 0) is 0 Å². The van der Waals surface area contributed by atoms with Gasteiger partial charge in [-0.2, -0.15) is 0 Å². The van der Waals surface area contributed by atoms with E-state index >= 15 is 0 Å².